The van der Waals surface area contributed by atoms with Gasteiger partial charge in [-0.1, -0.05) is 45.8 Å². The number of anilines is 1. The van der Waals surface area contributed by atoms with Crippen molar-refractivity contribution in [1.82, 2.24) is 10.1 Å². The van der Waals surface area contributed by atoms with Crippen LogP contribution in [0.4, 0.5) is 5.13 Å². The van der Waals surface area contributed by atoms with E-state index in [0.29, 0.717) is 39.9 Å². The number of benzene rings is 2. The molecule has 0 spiro atoms. The lowest BCUT2D eigenvalue weighted by molar-refractivity contribution is 0.0145. The Bertz CT molecular complexity index is 1440. The van der Waals surface area contributed by atoms with Crippen LogP contribution in [0.3, 0.4) is 0 Å². The molecule has 0 aliphatic heterocycles. The summed E-state index contributed by atoms with van der Waals surface area (Å²) in [5, 5.41) is 19.0. The third-order valence-electron chi connectivity index (χ3n) is 7.07. The van der Waals surface area contributed by atoms with Gasteiger partial charge in [0.2, 0.25) is 0 Å². The number of carboxylic acids is 1. The minimum Gasteiger partial charge on any atom is -0.478 e. The molecular weight excluding hydrogens is 533 g/mol. The van der Waals surface area contributed by atoms with Crippen LogP contribution in [0.2, 0.25) is 10.0 Å². The van der Waals surface area contributed by atoms with Crippen LogP contribution >= 0.6 is 34.5 Å². The fraction of sp³-hybridized carbons (Fsp3) is 0.370. The van der Waals surface area contributed by atoms with Crippen molar-refractivity contribution in [3.8, 4) is 11.3 Å². The van der Waals surface area contributed by atoms with Crippen LogP contribution < -0.4 is 5.32 Å². The summed E-state index contributed by atoms with van der Waals surface area (Å²) in [5.41, 5.74) is 3.41. The minimum absolute atomic E-state index is 0.142. The summed E-state index contributed by atoms with van der Waals surface area (Å²) >= 11 is 14.4. The van der Waals surface area contributed by atoms with Gasteiger partial charge in [0.25, 0.3) is 0 Å². The smallest absolute Gasteiger partial charge is 0.335 e. The van der Waals surface area contributed by atoms with E-state index in [9.17, 15) is 9.90 Å². The number of carboxylic acid groups (broad SMARTS) is 1. The first-order chi connectivity index (χ1) is 18.0. The van der Waals surface area contributed by atoms with Gasteiger partial charge < -0.3 is 19.7 Å². The molecule has 37 heavy (non-hydrogen) atoms. The predicted octanol–water partition coefficient (Wildman–Crippen LogP) is 7.77. The molecule has 2 aromatic heterocycles. The maximum Gasteiger partial charge on any atom is 0.335 e. The second kappa shape index (κ2) is 10.3. The Kier molecular flexibility index (Phi) is 6.84. The van der Waals surface area contributed by atoms with Gasteiger partial charge in [-0.3, -0.25) is 0 Å². The minimum atomic E-state index is -0.930. The van der Waals surface area contributed by atoms with Crippen LogP contribution in [0.25, 0.3) is 21.5 Å². The van der Waals surface area contributed by atoms with E-state index in [1.54, 1.807) is 18.2 Å². The molecule has 2 fully saturated rings. The standard InChI is InChI=1S/C27H25Cl2N3O4S/c28-19-2-1-3-20(29)23(19)24-18(25(36-32-24)14-4-5-14)13-35-17-9-7-16(8-10-17)30-27-31-21-11-6-15(26(33)34)12-22(21)37-27/h1-3,6,11-12,14,16-17H,4-5,7-10,13H2,(H,30,31)(H,33,34). The Morgan fingerprint density at radius 3 is 2.57 bits per heavy atom. The van der Waals surface area contributed by atoms with Crippen LogP contribution in [0.15, 0.2) is 40.9 Å². The number of carbonyl (C=O) groups is 1. The van der Waals surface area contributed by atoms with Crippen LogP contribution in [0.1, 0.15) is 66.1 Å². The number of aromatic carboxylic acids is 1. The highest BCUT2D eigenvalue weighted by atomic mass is 35.5. The first-order valence-corrected chi connectivity index (χ1v) is 14.0. The molecule has 0 amide bonds. The quantitative estimate of drug-likeness (QED) is 0.228. The maximum atomic E-state index is 11.2. The van der Waals surface area contributed by atoms with E-state index in [1.165, 1.54) is 11.3 Å². The molecule has 192 valence electrons. The summed E-state index contributed by atoms with van der Waals surface area (Å²) in [6.07, 6.45) is 6.11. The van der Waals surface area contributed by atoms with E-state index >= 15 is 0 Å². The Hall–Kier alpha value is -2.65. The third-order valence-corrected chi connectivity index (χ3v) is 8.65. The summed E-state index contributed by atoms with van der Waals surface area (Å²) in [4.78, 5) is 15.9. The van der Waals surface area contributed by atoms with Gasteiger partial charge in [0.1, 0.15) is 11.5 Å². The Morgan fingerprint density at radius 1 is 1.11 bits per heavy atom. The van der Waals surface area contributed by atoms with Gasteiger partial charge in [-0.15, -0.1) is 0 Å². The molecule has 0 radical (unpaired) electrons. The molecule has 2 aliphatic carbocycles. The lowest BCUT2D eigenvalue weighted by Crippen LogP contribution is -2.29. The number of aromatic nitrogens is 2. The number of hydrogen-bond donors (Lipinski definition) is 2. The van der Waals surface area contributed by atoms with Crippen LogP contribution in [0, 0.1) is 0 Å². The lowest BCUT2D eigenvalue weighted by Gasteiger charge is -2.29. The highest BCUT2D eigenvalue weighted by Crippen LogP contribution is 2.46. The van der Waals surface area contributed by atoms with Crippen LogP contribution in [-0.4, -0.2) is 33.4 Å². The number of nitrogens with zero attached hydrogens (tertiary/aromatic N) is 2. The zero-order valence-electron chi connectivity index (χ0n) is 19.9. The zero-order valence-corrected chi connectivity index (χ0v) is 22.2. The van der Waals surface area contributed by atoms with Gasteiger partial charge in [-0.25, -0.2) is 9.78 Å². The molecule has 2 N–H and O–H groups in total. The first kappa shape index (κ1) is 24.7. The molecule has 0 unspecified atom stereocenters. The molecular formula is C27H25Cl2N3O4S. The van der Waals surface area contributed by atoms with Gasteiger partial charge in [-0.05, 0) is 68.9 Å². The lowest BCUT2D eigenvalue weighted by atomic mass is 9.93. The van der Waals surface area contributed by atoms with Gasteiger partial charge in [0.15, 0.2) is 5.13 Å². The fourth-order valence-corrected chi connectivity index (χ4v) is 6.48. The SMILES string of the molecule is O=C(O)c1ccc2nc(NC3CCC(OCc4c(-c5c(Cl)cccc5Cl)noc4C4CC4)CC3)sc2c1. The van der Waals surface area contributed by atoms with Crippen LogP contribution in [-0.2, 0) is 11.3 Å². The molecule has 2 aliphatic rings. The summed E-state index contributed by atoms with van der Waals surface area (Å²) in [6.45, 7) is 0.415. The van der Waals surface area contributed by atoms with Crippen molar-refractivity contribution in [3.63, 3.8) is 0 Å². The van der Waals surface area contributed by atoms with Crippen molar-refractivity contribution in [2.24, 2.45) is 0 Å². The van der Waals surface area contributed by atoms with Crippen LogP contribution in [0.5, 0.6) is 0 Å². The summed E-state index contributed by atoms with van der Waals surface area (Å²) in [6, 6.07) is 10.8. The van der Waals surface area contributed by atoms with E-state index in [2.05, 4.69) is 15.5 Å². The molecule has 4 aromatic rings. The topological polar surface area (TPSA) is 97.5 Å². The van der Waals surface area contributed by atoms with Crippen molar-refractivity contribution in [3.05, 3.63) is 63.3 Å². The Balaban J connectivity index is 1.09. The van der Waals surface area contributed by atoms with Crippen molar-refractivity contribution in [2.75, 3.05) is 5.32 Å². The number of thiazole rings is 1. The van der Waals surface area contributed by atoms with Crippen molar-refractivity contribution in [2.45, 2.75) is 63.2 Å². The predicted molar refractivity (Wildman–Crippen MR) is 145 cm³/mol. The average Bonchev–Trinajstić information content (AvgIpc) is 3.52. The number of fused-ring (bicyclic) bond motifs is 1. The number of halogens is 2. The third kappa shape index (κ3) is 5.21. The van der Waals surface area contributed by atoms with Crippen molar-refractivity contribution < 1.29 is 19.2 Å². The second-order valence-corrected chi connectivity index (χ2v) is 11.5. The average molecular weight is 558 g/mol. The van der Waals surface area contributed by atoms with Gasteiger partial charge in [0.05, 0.1) is 38.5 Å². The summed E-state index contributed by atoms with van der Waals surface area (Å²) in [5.74, 6) is 0.352. The molecule has 0 saturated heterocycles. The summed E-state index contributed by atoms with van der Waals surface area (Å²) < 4.78 is 13.0. The zero-order chi connectivity index (χ0) is 25.5. The Labute approximate surface area is 227 Å². The van der Waals surface area contributed by atoms with Gasteiger partial charge in [-0.2, -0.15) is 0 Å². The number of ether oxygens (including phenoxy) is 1. The van der Waals surface area contributed by atoms with Crippen molar-refractivity contribution >= 4 is 55.9 Å². The summed E-state index contributed by atoms with van der Waals surface area (Å²) in [7, 11) is 0. The maximum absolute atomic E-state index is 11.2. The van der Waals surface area contributed by atoms with Gasteiger partial charge in [0, 0.05) is 23.1 Å². The number of nitrogens with one attached hydrogen (secondary N) is 1. The fourth-order valence-electron chi connectivity index (χ4n) is 4.92. The molecule has 2 aromatic carbocycles. The van der Waals surface area contributed by atoms with Gasteiger partial charge >= 0.3 is 5.97 Å². The molecule has 6 rings (SSSR count). The highest BCUT2D eigenvalue weighted by Gasteiger charge is 2.34. The molecule has 0 atom stereocenters. The largest absolute Gasteiger partial charge is 0.478 e. The molecule has 10 heteroatoms. The number of hydrogen-bond acceptors (Lipinski definition) is 7. The monoisotopic (exact) mass is 557 g/mol. The van der Waals surface area contributed by atoms with E-state index < -0.39 is 5.97 Å². The molecule has 7 nitrogen and oxygen atoms in total. The first-order valence-electron chi connectivity index (χ1n) is 12.4. The second-order valence-electron chi connectivity index (χ2n) is 9.68. The highest BCUT2D eigenvalue weighted by molar-refractivity contribution is 7.22. The molecule has 2 saturated carbocycles. The number of rotatable bonds is 8. The Morgan fingerprint density at radius 2 is 1.86 bits per heavy atom. The van der Waals surface area contributed by atoms with E-state index in [1.807, 2.05) is 18.2 Å². The molecule has 2 heterocycles. The normalized spacial score (nSPS) is 19.8. The van der Waals surface area contributed by atoms with E-state index in [4.69, 9.17) is 32.5 Å². The van der Waals surface area contributed by atoms with E-state index in [0.717, 1.165) is 65.2 Å². The molecule has 0 bridgehead atoms. The van der Waals surface area contributed by atoms with E-state index in [-0.39, 0.29) is 11.7 Å². The van der Waals surface area contributed by atoms with Crippen molar-refractivity contribution in [1.29, 1.82) is 0 Å².